The molecule has 5 rings (SSSR count). The molecule has 37 heavy (non-hydrogen) atoms. The van der Waals surface area contributed by atoms with Crippen LogP contribution in [-0.2, 0) is 10.3 Å². The SMILES string of the molecule is CC.CCN(CC)c1ccc2c(c1Br)Oc1c(ccc(N(CC)CC)c1Br)C21OC(=O)c2ccccc21. The maximum atomic E-state index is 13.2. The summed E-state index contributed by atoms with van der Waals surface area (Å²) in [7, 11) is 0. The summed E-state index contributed by atoms with van der Waals surface area (Å²) in [4.78, 5) is 17.7. The molecule has 2 aliphatic rings. The Labute approximate surface area is 237 Å². The molecule has 0 unspecified atom stereocenters. The van der Waals surface area contributed by atoms with E-state index in [2.05, 4.69) is 81.5 Å². The van der Waals surface area contributed by atoms with Crippen molar-refractivity contribution in [2.75, 3.05) is 36.0 Å². The van der Waals surface area contributed by atoms with Gasteiger partial charge in [0.2, 0.25) is 0 Å². The van der Waals surface area contributed by atoms with Gasteiger partial charge in [-0.25, -0.2) is 4.79 Å². The van der Waals surface area contributed by atoms with E-state index >= 15 is 0 Å². The van der Waals surface area contributed by atoms with E-state index in [1.54, 1.807) is 0 Å². The van der Waals surface area contributed by atoms with Crippen molar-refractivity contribution < 1.29 is 14.3 Å². The highest BCUT2D eigenvalue weighted by atomic mass is 79.9. The van der Waals surface area contributed by atoms with E-state index in [4.69, 9.17) is 9.47 Å². The van der Waals surface area contributed by atoms with Gasteiger partial charge in [0.1, 0.15) is 0 Å². The van der Waals surface area contributed by atoms with Crippen LogP contribution in [-0.4, -0.2) is 32.1 Å². The fraction of sp³-hybridized carbons (Fsp3) is 0.367. The summed E-state index contributed by atoms with van der Waals surface area (Å²) in [6, 6.07) is 15.9. The number of ether oxygens (including phenoxy) is 2. The lowest BCUT2D eigenvalue weighted by atomic mass is 9.77. The first-order valence-electron chi connectivity index (χ1n) is 13.1. The fourth-order valence-electron chi connectivity index (χ4n) is 5.33. The number of rotatable bonds is 6. The second kappa shape index (κ2) is 11.1. The van der Waals surface area contributed by atoms with E-state index in [0.717, 1.165) is 63.2 Å². The van der Waals surface area contributed by atoms with Crippen molar-refractivity contribution in [3.05, 3.63) is 79.7 Å². The molecular formula is C30H34Br2N2O3. The molecule has 5 nitrogen and oxygen atoms in total. The van der Waals surface area contributed by atoms with Crippen molar-refractivity contribution in [1.82, 2.24) is 0 Å². The van der Waals surface area contributed by atoms with Crippen LogP contribution in [0.3, 0.4) is 0 Å². The predicted molar refractivity (Wildman–Crippen MR) is 159 cm³/mol. The van der Waals surface area contributed by atoms with Crippen LogP contribution in [0.5, 0.6) is 11.5 Å². The molecule has 1 spiro atoms. The topological polar surface area (TPSA) is 42.0 Å². The number of hydrogen-bond donors (Lipinski definition) is 0. The Morgan fingerprint density at radius 3 is 1.62 bits per heavy atom. The minimum Gasteiger partial charge on any atom is -0.454 e. The molecule has 0 atom stereocenters. The minimum absolute atomic E-state index is 0.327. The summed E-state index contributed by atoms with van der Waals surface area (Å²) in [6.07, 6.45) is 0. The summed E-state index contributed by atoms with van der Waals surface area (Å²) in [5, 5.41) is 0. The van der Waals surface area contributed by atoms with Gasteiger partial charge in [-0.3, -0.25) is 0 Å². The summed E-state index contributed by atoms with van der Waals surface area (Å²) >= 11 is 7.71. The summed E-state index contributed by atoms with van der Waals surface area (Å²) in [5.74, 6) is 1.01. The summed E-state index contributed by atoms with van der Waals surface area (Å²) in [5.41, 5.74) is 4.04. The standard InChI is InChI=1S/C28H28Br2N2O3.C2H6/c1-5-31(6-2)21-15-13-19-25(23(21)29)34-26-20(14-16-22(24(26)30)32(7-3)8-4)28(19)18-12-10-9-11-17(18)27(33)35-28;1-2/h9-16H,5-8H2,1-4H3;1-2H3. The number of anilines is 2. The average molecular weight is 630 g/mol. The van der Waals surface area contributed by atoms with Crippen LogP contribution < -0.4 is 14.5 Å². The highest BCUT2D eigenvalue weighted by Crippen LogP contribution is 2.60. The van der Waals surface area contributed by atoms with Gasteiger partial charge in [-0.2, -0.15) is 0 Å². The molecule has 3 aromatic rings. The lowest BCUT2D eigenvalue weighted by Gasteiger charge is -2.39. The van der Waals surface area contributed by atoms with Crippen molar-refractivity contribution in [1.29, 1.82) is 0 Å². The molecule has 7 heteroatoms. The zero-order valence-corrected chi connectivity index (χ0v) is 25.5. The zero-order chi connectivity index (χ0) is 26.9. The molecule has 0 radical (unpaired) electrons. The molecule has 0 fully saturated rings. The van der Waals surface area contributed by atoms with Crippen molar-refractivity contribution in [3.63, 3.8) is 0 Å². The smallest absolute Gasteiger partial charge is 0.340 e. The first kappa shape index (κ1) is 27.5. The number of benzene rings is 3. The van der Waals surface area contributed by atoms with E-state index < -0.39 is 5.60 Å². The molecule has 0 aromatic heterocycles. The largest absolute Gasteiger partial charge is 0.454 e. The van der Waals surface area contributed by atoms with Crippen LogP contribution in [0, 0.1) is 0 Å². The molecule has 0 amide bonds. The van der Waals surface area contributed by atoms with E-state index in [1.165, 1.54) is 0 Å². The quantitative estimate of drug-likeness (QED) is 0.256. The molecule has 0 saturated heterocycles. The molecule has 2 heterocycles. The van der Waals surface area contributed by atoms with Crippen LogP contribution in [0.15, 0.2) is 57.5 Å². The molecule has 196 valence electrons. The third-order valence-electron chi connectivity index (χ3n) is 7.10. The maximum Gasteiger partial charge on any atom is 0.340 e. The third kappa shape index (κ3) is 4.15. The van der Waals surface area contributed by atoms with Crippen LogP contribution in [0.25, 0.3) is 0 Å². The van der Waals surface area contributed by atoms with Crippen LogP contribution >= 0.6 is 31.9 Å². The highest BCUT2D eigenvalue weighted by molar-refractivity contribution is 9.11. The number of nitrogens with zero attached hydrogens (tertiary/aromatic N) is 2. The van der Waals surface area contributed by atoms with Crippen LogP contribution in [0.1, 0.15) is 68.6 Å². The van der Waals surface area contributed by atoms with Crippen molar-refractivity contribution in [3.8, 4) is 11.5 Å². The van der Waals surface area contributed by atoms with Crippen molar-refractivity contribution in [2.45, 2.75) is 47.1 Å². The van der Waals surface area contributed by atoms with Gasteiger partial charge >= 0.3 is 5.97 Å². The van der Waals surface area contributed by atoms with Gasteiger partial charge in [0.05, 0.1) is 25.9 Å². The number of halogens is 2. The Hall–Kier alpha value is -2.51. The lowest BCUT2D eigenvalue weighted by Crippen LogP contribution is -2.34. The van der Waals surface area contributed by atoms with Crippen molar-refractivity contribution in [2.24, 2.45) is 0 Å². The Bertz CT molecular complexity index is 1250. The molecule has 0 N–H and O–H groups in total. The van der Waals surface area contributed by atoms with Gasteiger partial charge in [0, 0.05) is 42.9 Å². The van der Waals surface area contributed by atoms with Gasteiger partial charge in [-0.05, 0) is 89.9 Å². The zero-order valence-electron chi connectivity index (χ0n) is 22.3. The fourth-order valence-corrected chi connectivity index (χ4v) is 6.68. The summed E-state index contributed by atoms with van der Waals surface area (Å²) < 4.78 is 14.7. The van der Waals surface area contributed by atoms with Gasteiger partial charge in [-0.15, -0.1) is 0 Å². The normalized spacial score (nSPS) is 14.0. The van der Waals surface area contributed by atoms with E-state index in [9.17, 15) is 4.79 Å². The molecule has 3 aromatic carbocycles. The predicted octanol–water partition coefficient (Wildman–Crippen LogP) is 8.50. The number of esters is 1. The van der Waals surface area contributed by atoms with Crippen LogP contribution in [0.4, 0.5) is 11.4 Å². The van der Waals surface area contributed by atoms with E-state index in [-0.39, 0.29) is 5.97 Å². The monoisotopic (exact) mass is 628 g/mol. The summed E-state index contributed by atoms with van der Waals surface area (Å²) in [6.45, 7) is 16.0. The highest BCUT2D eigenvalue weighted by Gasteiger charge is 2.54. The second-order valence-corrected chi connectivity index (χ2v) is 10.2. The van der Waals surface area contributed by atoms with Gasteiger partial charge in [0.25, 0.3) is 0 Å². The molecule has 0 aliphatic carbocycles. The maximum absolute atomic E-state index is 13.2. The molecular weight excluding hydrogens is 596 g/mol. The second-order valence-electron chi connectivity index (χ2n) is 8.61. The molecule has 2 aliphatic heterocycles. The van der Waals surface area contributed by atoms with Gasteiger partial charge in [0.15, 0.2) is 17.1 Å². The number of hydrogen-bond acceptors (Lipinski definition) is 5. The molecule has 0 saturated carbocycles. The Morgan fingerprint density at radius 1 is 0.703 bits per heavy atom. The third-order valence-corrected chi connectivity index (χ3v) is 8.63. The number of carbonyl (C=O) groups excluding carboxylic acids is 1. The van der Waals surface area contributed by atoms with Crippen molar-refractivity contribution >= 4 is 49.2 Å². The Morgan fingerprint density at radius 2 is 1.16 bits per heavy atom. The first-order chi connectivity index (χ1) is 17.9. The van der Waals surface area contributed by atoms with Gasteiger partial charge < -0.3 is 19.3 Å². The minimum atomic E-state index is -1.09. The number of carbonyl (C=O) groups is 1. The Kier molecular flexibility index (Phi) is 8.24. The Balaban J connectivity index is 0.00000156. The molecule has 0 bridgehead atoms. The van der Waals surface area contributed by atoms with Gasteiger partial charge in [-0.1, -0.05) is 32.0 Å². The average Bonchev–Trinajstić information content (AvgIpc) is 3.22. The lowest BCUT2D eigenvalue weighted by molar-refractivity contribution is 0.0223. The van der Waals surface area contributed by atoms with E-state index in [1.807, 2.05) is 50.2 Å². The number of fused-ring (bicyclic) bond motifs is 6. The van der Waals surface area contributed by atoms with Crippen LogP contribution in [0.2, 0.25) is 0 Å². The van der Waals surface area contributed by atoms with E-state index in [0.29, 0.717) is 17.1 Å². The first-order valence-corrected chi connectivity index (χ1v) is 14.7.